The summed E-state index contributed by atoms with van der Waals surface area (Å²) in [4.78, 5) is 51.4. The predicted octanol–water partition coefficient (Wildman–Crippen LogP) is 4.25. The summed E-state index contributed by atoms with van der Waals surface area (Å²) in [5, 5.41) is 6.29. The smallest absolute Gasteiger partial charge is 0.307 e. The number of aldehydes is 1. The molecule has 0 radical (unpaired) electrons. The highest BCUT2D eigenvalue weighted by Gasteiger charge is 2.48. The van der Waals surface area contributed by atoms with E-state index < -0.39 is 5.41 Å². The highest BCUT2D eigenvalue weighted by Crippen LogP contribution is 2.48. The summed E-state index contributed by atoms with van der Waals surface area (Å²) in [5.74, 6) is -0.00842. The first-order valence-corrected chi connectivity index (χ1v) is 15.4. The SMILES string of the molecule is CNC1CCN(C(=O)[C@H]2CC[C@@](C(=O)NCCC(=O)OC)(c3ccccc3)c3ccccc32)CC1.COc1ccccc1C=O. The van der Waals surface area contributed by atoms with Crippen LogP contribution in [0.3, 0.4) is 0 Å². The maximum absolute atomic E-state index is 13.8. The standard InChI is InChI=1S/C28H35N3O4.C8H8O2/c1-29-21-14-18-31(19-15-21)26(33)23-12-16-28(20-8-4-3-5-9-20,24-11-7-6-10-22(23)24)27(34)30-17-13-25(32)35-2;1-10-8-5-3-2-4-7(8)6-9/h3-11,21,23,29H,12-19H2,1-2H3,(H,30,34);2-6H,1H3/t23-,28+;/m0./s1. The average molecular weight is 614 g/mol. The van der Waals surface area contributed by atoms with Gasteiger partial charge in [0.05, 0.1) is 37.5 Å². The highest BCUT2D eigenvalue weighted by molar-refractivity contribution is 5.95. The van der Waals surface area contributed by atoms with Crippen molar-refractivity contribution >= 4 is 24.1 Å². The molecule has 238 valence electrons. The van der Waals surface area contributed by atoms with Crippen molar-refractivity contribution in [1.29, 1.82) is 0 Å². The molecule has 1 aliphatic heterocycles. The van der Waals surface area contributed by atoms with Crippen LogP contribution in [0.15, 0.2) is 78.9 Å². The molecule has 1 aliphatic carbocycles. The quantitative estimate of drug-likeness (QED) is 0.274. The number of amides is 2. The van der Waals surface area contributed by atoms with Crippen LogP contribution < -0.4 is 15.4 Å². The summed E-state index contributed by atoms with van der Waals surface area (Å²) in [6.45, 7) is 1.70. The third-order valence-electron chi connectivity index (χ3n) is 8.88. The Hall–Kier alpha value is -4.50. The van der Waals surface area contributed by atoms with E-state index in [0.29, 0.717) is 30.2 Å². The van der Waals surface area contributed by atoms with Gasteiger partial charge in [-0.3, -0.25) is 19.2 Å². The van der Waals surface area contributed by atoms with Crippen molar-refractivity contribution in [3.8, 4) is 5.75 Å². The van der Waals surface area contributed by atoms with Crippen molar-refractivity contribution in [2.75, 3.05) is 40.9 Å². The molecule has 2 aliphatic rings. The minimum atomic E-state index is -0.927. The van der Waals surface area contributed by atoms with Gasteiger partial charge in [-0.05, 0) is 61.6 Å². The summed E-state index contributed by atoms with van der Waals surface area (Å²) in [6, 6.07) is 25.2. The van der Waals surface area contributed by atoms with Gasteiger partial charge in [-0.25, -0.2) is 0 Å². The number of nitrogens with zero attached hydrogens (tertiary/aromatic N) is 1. The number of rotatable bonds is 9. The van der Waals surface area contributed by atoms with Crippen LogP contribution >= 0.6 is 0 Å². The van der Waals surface area contributed by atoms with Gasteiger partial charge in [0, 0.05) is 25.7 Å². The number of esters is 1. The fourth-order valence-corrected chi connectivity index (χ4v) is 6.39. The minimum absolute atomic E-state index is 0.110. The average Bonchev–Trinajstić information content (AvgIpc) is 3.11. The van der Waals surface area contributed by atoms with E-state index in [9.17, 15) is 19.2 Å². The van der Waals surface area contributed by atoms with Gasteiger partial charge in [0.1, 0.15) is 5.75 Å². The van der Waals surface area contributed by atoms with Crippen molar-refractivity contribution < 1.29 is 28.7 Å². The van der Waals surface area contributed by atoms with Gasteiger partial charge in [0.25, 0.3) is 0 Å². The molecule has 0 saturated carbocycles. The lowest BCUT2D eigenvalue weighted by Gasteiger charge is -2.42. The zero-order valence-electron chi connectivity index (χ0n) is 26.3. The Balaban J connectivity index is 0.000000392. The number of hydrogen-bond donors (Lipinski definition) is 2. The van der Waals surface area contributed by atoms with Crippen LogP contribution in [0, 0.1) is 0 Å². The molecule has 45 heavy (non-hydrogen) atoms. The summed E-state index contributed by atoms with van der Waals surface area (Å²) in [6.07, 6.45) is 3.89. The Bertz CT molecular complexity index is 1450. The first kappa shape index (κ1) is 33.4. The number of benzene rings is 3. The van der Waals surface area contributed by atoms with Gasteiger partial charge in [-0.1, -0.05) is 66.7 Å². The van der Waals surface area contributed by atoms with Crippen LogP contribution in [0.25, 0.3) is 0 Å². The fourth-order valence-electron chi connectivity index (χ4n) is 6.39. The second kappa shape index (κ2) is 16.0. The Morgan fingerprint density at radius 2 is 1.58 bits per heavy atom. The van der Waals surface area contributed by atoms with E-state index in [2.05, 4.69) is 10.6 Å². The minimum Gasteiger partial charge on any atom is -0.496 e. The van der Waals surface area contributed by atoms with Crippen LogP contribution in [0.5, 0.6) is 5.75 Å². The molecule has 1 saturated heterocycles. The number of methoxy groups -OCH3 is 2. The normalized spacial score (nSPS) is 19.3. The molecule has 0 unspecified atom stereocenters. The fraction of sp³-hybridized carbons (Fsp3) is 0.389. The molecule has 0 spiro atoms. The van der Waals surface area contributed by atoms with Crippen molar-refractivity contribution in [3.05, 3.63) is 101 Å². The molecule has 2 amide bonds. The predicted molar refractivity (Wildman–Crippen MR) is 172 cm³/mol. The Morgan fingerprint density at radius 3 is 2.22 bits per heavy atom. The second-order valence-electron chi connectivity index (χ2n) is 11.3. The summed E-state index contributed by atoms with van der Waals surface area (Å²) in [7, 11) is 4.85. The van der Waals surface area contributed by atoms with Crippen LogP contribution in [-0.4, -0.2) is 75.9 Å². The molecule has 3 aromatic carbocycles. The van der Waals surface area contributed by atoms with E-state index in [-0.39, 0.29) is 36.7 Å². The van der Waals surface area contributed by atoms with Crippen molar-refractivity contribution in [1.82, 2.24) is 15.5 Å². The first-order chi connectivity index (χ1) is 21.9. The van der Waals surface area contributed by atoms with E-state index in [1.807, 2.05) is 72.6 Å². The number of ether oxygens (including phenoxy) is 2. The molecule has 0 bridgehead atoms. The van der Waals surface area contributed by atoms with Gasteiger partial charge < -0.3 is 25.0 Å². The number of para-hydroxylation sites is 1. The van der Waals surface area contributed by atoms with Gasteiger partial charge in [0.2, 0.25) is 11.8 Å². The molecule has 0 aromatic heterocycles. The Morgan fingerprint density at radius 1 is 0.911 bits per heavy atom. The number of hydrogen-bond acceptors (Lipinski definition) is 7. The molecule has 1 heterocycles. The number of piperidine rings is 1. The highest BCUT2D eigenvalue weighted by atomic mass is 16.5. The second-order valence-corrected chi connectivity index (χ2v) is 11.3. The monoisotopic (exact) mass is 613 g/mol. The summed E-state index contributed by atoms with van der Waals surface area (Å²) >= 11 is 0. The number of fused-ring (bicyclic) bond motifs is 1. The van der Waals surface area contributed by atoms with Crippen molar-refractivity contribution in [3.63, 3.8) is 0 Å². The van der Waals surface area contributed by atoms with Gasteiger partial charge in [-0.2, -0.15) is 0 Å². The number of carbonyl (C=O) groups is 4. The molecule has 2 N–H and O–H groups in total. The summed E-state index contributed by atoms with van der Waals surface area (Å²) in [5.41, 5.74) is 2.35. The lowest BCUT2D eigenvalue weighted by atomic mass is 9.62. The molecule has 9 heteroatoms. The summed E-state index contributed by atoms with van der Waals surface area (Å²) < 4.78 is 9.62. The molecule has 2 atom stereocenters. The largest absolute Gasteiger partial charge is 0.496 e. The van der Waals surface area contributed by atoms with Crippen molar-refractivity contribution in [2.24, 2.45) is 0 Å². The van der Waals surface area contributed by atoms with E-state index in [4.69, 9.17) is 9.47 Å². The maximum Gasteiger partial charge on any atom is 0.307 e. The first-order valence-electron chi connectivity index (χ1n) is 15.4. The zero-order valence-corrected chi connectivity index (χ0v) is 26.3. The van der Waals surface area contributed by atoms with Gasteiger partial charge in [0.15, 0.2) is 6.29 Å². The maximum atomic E-state index is 13.8. The number of carbonyl (C=O) groups excluding carboxylic acids is 4. The Kier molecular flexibility index (Phi) is 11.9. The Labute approximate surface area is 265 Å². The molecular formula is C36H43N3O6. The van der Waals surface area contributed by atoms with Crippen LogP contribution in [-0.2, 0) is 24.5 Å². The molecule has 3 aromatic rings. The third-order valence-corrected chi connectivity index (χ3v) is 8.88. The van der Waals surface area contributed by atoms with Crippen LogP contribution in [0.2, 0.25) is 0 Å². The molecular weight excluding hydrogens is 570 g/mol. The lowest BCUT2D eigenvalue weighted by molar-refractivity contribution is -0.140. The van der Waals surface area contributed by atoms with Gasteiger partial charge >= 0.3 is 5.97 Å². The van der Waals surface area contributed by atoms with Gasteiger partial charge in [-0.15, -0.1) is 0 Å². The lowest BCUT2D eigenvalue weighted by Crippen LogP contribution is -2.50. The molecule has 9 nitrogen and oxygen atoms in total. The molecule has 5 rings (SSSR count). The van der Waals surface area contributed by atoms with Crippen LogP contribution in [0.4, 0.5) is 0 Å². The topological polar surface area (TPSA) is 114 Å². The molecule has 1 fully saturated rings. The van der Waals surface area contributed by atoms with Crippen molar-refractivity contribution in [2.45, 2.75) is 49.5 Å². The number of likely N-dealkylation sites (tertiary alicyclic amines) is 1. The van der Waals surface area contributed by atoms with E-state index in [1.54, 1.807) is 25.3 Å². The number of nitrogens with one attached hydrogen (secondary N) is 2. The van der Waals surface area contributed by atoms with E-state index >= 15 is 0 Å². The zero-order chi connectivity index (χ0) is 32.2. The van der Waals surface area contributed by atoms with E-state index in [1.165, 1.54) is 7.11 Å². The third kappa shape index (κ3) is 7.60. The van der Waals surface area contributed by atoms with Crippen LogP contribution in [0.1, 0.15) is 65.1 Å². The van der Waals surface area contributed by atoms with E-state index in [0.717, 1.165) is 48.9 Å².